The first-order chi connectivity index (χ1) is 16.5. The second-order valence-corrected chi connectivity index (χ2v) is 8.38. The second-order valence-electron chi connectivity index (χ2n) is 7.94. The summed E-state index contributed by atoms with van der Waals surface area (Å²) in [4.78, 5) is 40.0. The molecule has 0 aromatic heterocycles. The van der Waals surface area contributed by atoms with Crippen molar-refractivity contribution in [2.75, 3.05) is 28.9 Å². The Balaban J connectivity index is 1.28. The zero-order valence-electron chi connectivity index (χ0n) is 17.9. The highest BCUT2D eigenvalue weighted by atomic mass is 35.5. The highest BCUT2D eigenvalue weighted by Crippen LogP contribution is 2.34. The number of halogens is 1. The molecule has 0 saturated carbocycles. The summed E-state index contributed by atoms with van der Waals surface area (Å²) in [5.74, 6) is -0.273. The Morgan fingerprint density at radius 3 is 2.62 bits per heavy atom. The Hall–Kier alpha value is -4.04. The fraction of sp³-hybridized carbons (Fsp3) is 0.160. The Bertz CT molecular complexity index is 1300. The predicted octanol–water partition coefficient (Wildman–Crippen LogP) is 4.31. The second kappa shape index (κ2) is 9.07. The number of carbonyl (C=O) groups excluding carboxylic acids is 3. The number of hydrogen-bond donors (Lipinski definition) is 2. The van der Waals surface area contributed by atoms with Crippen molar-refractivity contribution in [3.63, 3.8) is 0 Å². The van der Waals surface area contributed by atoms with E-state index < -0.39 is 11.8 Å². The van der Waals surface area contributed by atoms with Gasteiger partial charge >= 0.3 is 0 Å². The molecule has 1 saturated heterocycles. The van der Waals surface area contributed by atoms with Crippen LogP contribution in [0.2, 0.25) is 5.02 Å². The van der Waals surface area contributed by atoms with Gasteiger partial charge in [-0.3, -0.25) is 14.4 Å². The molecule has 1 unspecified atom stereocenters. The Morgan fingerprint density at radius 1 is 0.941 bits per heavy atom. The van der Waals surface area contributed by atoms with Crippen molar-refractivity contribution in [2.24, 2.45) is 5.92 Å². The van der Waals surface area contributed by atoms with Gasteiger partial charge in [0.05, 0.1) is 17.2 Å². The zero-order chi connectivity index (χ0) is 23.7. The van der Waals surface area contributed by atoms with Gasteiger partial charge in [-0.2, -0.15) is 0 Å². The highest BCUT2D eigenvalue weighted by Gasteiger charge is 2.35. The third kappa shape index (κ3) is 4.40. The van der Waals surface area contributed by atoms with Crippen LogP contribution in [0.4, 0.5) is 17.1 Å². The average molecular weight is 478 g/mol. The van der Waals surface area contributed by atoms with E-state index in [-0.39, 0.29) is 31.6 Å². The molecule has 9 heteroatoms. The predicted molar refractivity (Wildman–Crippen MR) is 128 cm³/mol. The lowest BCUT2D eigenvalue weighted by Crippen LogP contribution is -2.28. The number of fused-ring (bicyclic) bond motifs is 1. The molecular formula is C25H20ClN3O5. The maximum Gasteiger partial charge on any atom is 0.257 e. The number of amides is 3. The minimum Gasteiger partial charge on any atom is -0.454 e. The van der Waals surface area contributed by atoms with Crippen LogP contribution in [0.15, 0.2) is 66.7 Å². The van der Waals surface area contributed by atoms with Gasteiger partial charge in [-0.05, 0) is 42.5 Å². The molecule has 2 aliphatic rings. The molecule has 0 aliphatic carbocycles. The minimum atomic E-state index is -0.559. The molecule has 172 valence electrons. The van der Waals surface area contributed by atoms with Crippen LogP contribution in [-0.4, -0.2) is 31.1 Å². The minimum absolute atomic E-state index is 0.0733. The molecule has 0 bridgehead atoms. The molecule has 2 heterocycles. The number of anilines is 3. The topological polar surface area (TPSA) is 97.0 Å². The SMILES string of the molecule is O=C(Nc1ccc2c(c1)OCO2)c1ccccc1NC(=O)C1CC(=O)N(c2cccc(Cl)c2)C1. The number of carbonyl (C=O) groups is 3. The maximum absolute atomic E-state index is 13.0. The Morgan fingerprint density at radius 2 is 1.76 bits per heavy atom. The van der Waals surface area contributed by atoms with Crippen molar-refractivity contribution < 1.29 is 23.9 Å². The summed E-state index contributed by atoms with van der Waals surface area (Å²) in [5.41, 5.74) is 1.84. The van der Waals surface area contributed by atoms with E-state index in [1.165, 1.54) is 0 Å². The highest BCUT2D eigenvalue weighted by molar-refractivity contribution is 6.31. The summed E-state index contributed by atoms with van der Waals surface area (Å²) < 4.78 is 10.6. The molecule has 3 aromatic carbocycles. The van der Waals surface area contributed by atoms with Crippen LogP contribution in [-0.2, 0) is 9.59 Å². The van der Waals surface area contributed by atoms with Gasteiger partial charge in [0.1, 0.15) is 0 Å². The number of rotatable bonds is 5. The summed E-state index contributed by atoms with van der Waals surface area (Å²) in [5, 5.41) is 6.14. The largest absolute Gasteiger partial charge is 0.454 e. The van der Waals surface area contributed by atoms with Crippen molar-refractivity contribution in [1.82, 2.24) is 0 Å². The molecule has 5 rings (SSSR count). The summed E-state index contributed by atoms with van der Waals surface area (Å²) in [6.07, 6.45) is 0.0733. The van der Waals surface area contributed by atoms with Gasteiger partial charge in [-0.1, -0.05) is 29.8 Å². The van der Waals surface area contributed by atoms with Crippen LogP contribution in [0, 0.1) is 5.92 Å². The van der Waals surface area contributed by atoms with Crippen molar-refractivity contribution in [3.8, 4) is 11.5 Å². The first kappa shape index (κ1) is 21.8. The van der Waals surface area contributed by atoms with Crippen molar-refractivity contribution in [1.29, 1.82) is 0 Å². The number of nitrogens with one attached hydrogen (secondary N) is 2. The summed E-state index contributed by atoms with van der Waals surface area (Å²) >= 11 is 6.04. The number of para-hydroxylation sites is 1. The molecule has 1 fully saturated rings. The van der Waals surface area contributed by atoms with Gasteiger partial charge in [0.25, 0.3) is 5.91 Å². The van der Waals surface area contributed by atoms with Gasteiger partial charge in [0, 0.05) is 35.4 Å². The van der Waals surface area contributed by atoms with E-state index in [1.54, 1.807) is 71.6 Å². The molecular weight excluding hydrogens is 458 g/mol. The summed E-state index contributed by atoms with van der Waals surface area (Å²) in [6.45, 7) is 0.372. The molecule has 34 heavy (non-hydrogen) atoms. The molecule has 1 atom stereocenters. The van der Waals surface area contributed by atoms with Crippen LogP contribution in [0.1, 0.15) is 16.8 Å². The summed E-state index contributed by atoms with van der Waals surface area (Å²) in [7, 11) is 0. The van der Waals surface area contributed by atoms with Crippen LogP contribution in [0.25, 0.3) is 0 Å². The molecule has 3 amide bonds. The molecule has 0 radical (unpaired) electrons. The van der Waals surface area contributed by atoms with Gasteiger partial charge in [0.2, 0.25) is 18.6 Å². The molecule has 3 aromatic rings. The first-order valence-corrected chi connectivity index (χ1v) is 11.0. The Kier molecular flexibility index (Phi) is 5.81. The van der Waals surface area contributed by atoms with E-state index in [0.717, 1.165) is 0 Å². The first-order valence-electron chi connectivity index (χ1n) is 10.6. The monoisotopic (exact) mass is 477 g/mol. The third-order valence-corrected chi connectivity index (χ3v) is 5.91. The van der Waals surface area contributed by atoms with Gasteiger partial charge in [-0.15, -0.1) is 0 Å². The van der Waals surface area contributed by atoms with Gasteiger partial charge in [-0.25, -0.2) is 0 Å². The van der Waals surface area contributed by atoms with Crippen LogP contribution >= 0.6 is 11.6 Å². The average Bonchev–Trinajstić information content (AvgIpc) is 3.45. The maximum atomic E-state index is 13.0. The lowest BCUT2D eigenvalue weighted by Gasteiger charge is -2.17. The quantitative estimate of drug-likeness (QED) is 0.570. The molecule has 8 nitrogen and oxygen atoms in total. The third-order valence-electron chi connectivity index (χ3n) is 5.68. The lowest BCUT2D eigenvalue weighted by atomic mass is 10.1. The van der Waals surface area contributed by atoms with Crippen LogP contribution in [0.5, 0.6) is 11.5 Å². The van der Waals surface area contributed by atoms with E-state index in [1.807, 2.05) is 0 Å². The fourth-order valence-corrected chi connectivity index (χ4v) is 4.16. The van der Waals surface area contributed by atoms with Crippen molar-refractivity contribution in [2.45, 2.75) is 6.42 Å². The van der Waals surface area contributed by atoms with Crippen molar-refractivity contribution in [3.05, 3.63) is 77.3 Å². The van der Waals surface area contributed by atoms with E-state index in [0.29, 0.717) is 39.1 Å². The van der Waals surface area contributed by atoms with Gasteiger partial charge in [0.15, 0.2) is 11.5 Å². The number of hydrogen-bond acceptors (Lipinski definition) is 5. The van der Waals surface area contributed by atoms with Crippen LogP contribution in [0.3, 0.4) is 0 Å². The number of ether oxygens (including phenoxy) is 2. The van der Waals surface area contributed by atoms with E-state index in [9.17, 15) is 14.4 Å². The fourth-order valence-electron chi connectivity index (χ4n) is 3.97. The van der Waals surface area contributed by atoms with Crippen molar-refractivity contribution >= 4 is 46.4 Å². The smallest absolute Gasteiger partial charge is 0.257 e. The number of nitrogens with zero attached hydrogens (tertiary/aromatic N) is 1. The normalized spacial score (nSPS) is 16.4. The standard InChI is InChI=1S/C25H20ClN3O5/c26-16-4-3-5-18(11-16)29-13-15(10-23(29)30)24(31)28-20-7-2-1-6-19(20)25(32)27-17-8-9-21-22(12-17)34-14-33-21/h1-9,11-12,15H,10,13-14H2,(H,27,32)(H,28,31). The summed E-state index contributed by atoms with van der Waals surface area (Å²) in [6, 6.07) is 18.8. The molecule has 0 spiro atoms. The van der Waals surface area contributed by atoms with Crippen LogP contribution < -0.4 is 25.0 Å². The number of benzene rings is 3. The molecule has 2 N–H and O–H groups in total. The lowest BCUT2D eigenvalue weighted by molar-refractivity contribution is -0.122. The van der Waals surface area contributed by atoms with E-state index in [2.05, 4.69) is 10.6 Å². The zero-order valence-corrected chi connectivity index (χ0v) is 18.7. The Labute approximate surface area is 200 Å². The van der Waals surface area contributed by atoms with E-state index >= 15 is 0 Å². The van der Waals surface area contributed by atoms with Gasteiger partial charge < -0.3 is 25.0 Å². The molecule has 2 aliphatic heterocycles. The van der Waals surface area contributed by atoms with E-state index in [4.69, 9.17) is 21.1 Å².